The molecule has 3 aromatic rings. The fraction of sp³-hybridized carbons (Fsp3) is 0.273. The zero-order valence-electron chi connectivity index (χ0n) is 15.8. The lowest BCUT2D eigenvalue weighted by atomic mass is 10.1. The molecule has 1 aromatic heterocycles. The molecule has 1 aliphatic rings. The molecule has 0 unspecified atom stereocenters. The van der Waals surface area contributed by atoms with Crippen LogP contribution >= 0.6 is 0 Å². The summed E-state index contributed by atoms with van der Waals surface area (Å²) in [5, 5.41) is 8.34. The average Bonchev–Trinajstić information content (AvgIpc) is 2.99. The van der Waals surface area contributed by atoms with Crippen LogP contribution in [-0.2, 0) is 24.3 Å². The van der Waals surface area contributed by atoms with Gasteiger partial charge in [0, 0.05) is 36.8 Å². The van der Waals surface area contributed by atoms with Crippen LogP contribution in [0.2, 0.25) is 0 Å². The number of carbonyl (C=O) groups excluding carboxylic acids is 1. The fourth-order valence-corrected chi connectivity index (χ4v) is 3.61. The minimum absolute atomic E-state index is 0.109. The van der Waals surface area contributed by atoms with Crippen LogP contribution in [0, 0.1) is 6.92 Å². The van der Waals surface area contributed by atoms with Crippen molar-refractivity contribution in [2.24, 2.45) is 0 Å². The highest BCUT2D eigenvalue weighted by molar-refractivity contribution is 5.74. The third-order valence-corrected chi connectivity index (χ3v) is 5.04. The molecular weight excluding hydrogens is 336 g/mol. The molecule has 0 saturated carbocycles. The van der Waals surface area contributed by atoms with Crippen LogP contribution in [0.5, 0.6) is 0 Å². The normalized spacial score (nSPS) is 13.3. The van der Waals surface area contributed by atoms with Gasteiger partial charge >= 0.3 is 0 Å². The molecule has 0 bridgehead atoms. The van der Waals surface area contributed by atoms with Crippen molar-refractivity contribution in [3.8, 4) is 0 Å². The minimum Gasteiger partial charge on any atom is -0.338 e. The Hall–Kier alpha value is -3.08. The number of nitrogens with zero attached hydrogens (tertiary/aromatic N) is 3. The third-order valence-electron chi connectivity index (χ3n) is 5.04. The van der Waals surface area contributed by atoms with Crippen LogP contribution in [0.1, 0.15) is 29.3 Å². The Morgan fingerprint density at radius 3 is 2.70 bits per heavy atom. The highest BCUT2D eigenvalue weighted by Gasteiger charge is 2.26. The van der Waals surface area contributed by atoms with E-state index in [0.717, 1.165) is 36.6 Å². The average molecular weight is 360 g/mol. The molecule has 5 nitrogen and oxygen atoms in total. The molecule has 2 heterocycles. The Balaban J connectivity index is 1.70. The fourth-order valence-electron chi connectivity index (χ4n) is 3.61. The molecule has 0 saturated heterocycles. The Kier molecular flexibility index (Phi) is 4.67. The second kappa shape index (κ2) is 7.27. The van der Waals surface area contributed by atoms with Gasteiger partial charge in [-0.05, 0) is 30.2 Å². The molecule has 0 spiro atoms. The molecule has 1 aliphatic heterocycles. The summed E-state index contributed by atoms with van der Waals surface area (Å²) in [6, 6.07) is 18.6. The molecule has 2 aromatic carbocycles. The van der Waals surface area contributed by atoms with Crippen molar-refractivity contribution in [2.75, 3.05) is 11.9 Å². The van der Waals surface area contributed by atoms with Crippen molar-refractivity contribution in [1.29, 1.82) is 0 Å². The number of carbonyl (C=O) groups is 1. The van der Waals surface area contributed by atoms with Gasteiger partial charge in [-0.3, -0.25) is 9.48 Å². The molecule has 1 N–H and O–H groups in total. The van der Waals surface area contributed by atoms with Gasteiger partial charge in [-0.1, -0.05) is 42.5 Å². The van der Waals surface area contributed by atoms with Crippen molar-refractivity contribution in [3.05, 3.63) is 77.0 Å². The maximum absolute atomic E-state index is 11.9. The van der Waals surface area contributed by atoms with Gasteiger partial charge in [0.1, 0.15) is 0 Å². The molecule has 138 valence electrons. The number of fused-ring (bicyclic) bond motifs is 1. The molecular formula is C22H24N4O. The standard InChI is InChI=1S/C22H24N4O/c1-16-7-6-10-19(13-16)23-22-20-15-25(17(2)27)12-11-21(20)26(24-22)14-18-8-4-3-5-9-18/h3-10,13H,11-12,14-15H2,1-2H3,(H,23,24). The molecule has 0 fully saturated rings. The van der Waals surface area contributed by atoms with E-state index >= 15 is 0 Å². The number of aromatic nitrogens is 2. The second-order valence-corrected chi connectivity index (χ2v) is 7.10. The predicted molar refractivity (Wildman–Crippen MR) is 107 cm³/mol. The molecule has 0 aliphatic carbocycles. The summed E-state index contributed by atoms with van der Waals surface area (Å²) in [6.45, 7) is 5.79. The highest BCUT2D eigenvalue weighted by Crippen LogP contribution is 2.29. The number of nitrogens with one attached hydrogen (secondary N) is 1. The molecule has 0 atom stereocenters. The van der Waals surface area contributed by atoms with Crippen LogP contribution in [0.3, 0.4) is 0 Å². The SMILES string of the molecule is CC(=O)N1CCc2c(c(Nc3cccc(C)c3)nn2Cc2ccccc2)C1. The van der Waals surface area contributed by atoms with Crippen molar-refractivity contribution in [3.63, 3.8) is 0 Å². The number of benzene rings is 2. The maximum Gasteiger partial charge on any atom is 0.219 e. The highest BCUT2D eigenvalue weighted by atomic mass is 16.2. The smallest absolute Gasteiger partial charge is 0.219 e. The Labute approximate surface area is 159 Å². The summed E-state index contributed by atoms with van der Waals surface area (Å²) in [4.78, 5) is 13.8. The van der Waals surface area contributed by atoms with E-state index in [1.807, 2.05) is 23.1 Å². The van der Waals surface area contributed by atoms with Gasteiger partial charge in [-0.2, -0.15) is 5.10 Å². The maximum atomic E-state index is 11.9. The van der Waals surface area contributed by atoms with Crippen molar-refractivity contribution >= 4 is 17.4 Å². The van der Waals surface area contributed by atoms with Gasteiger partial charge in [0.25, 0.3) is 0 Å². The number of amides is 1. The van der Waals surface area contributed by atoms with Gasteiger partial charge in [0.2, 0.25) is 5.91 Å². The van der Waals surface area contributed by atoms with Crippen LogP contribution in [-0.4, -0.2) is 27.1 Å². The molecule has 5 heteroatoms. The summed E-state index contributed by atoms with van der Waals surface area (Å²) < 4.78 is 2.08. The largest absolute Gasteiger partial charge is 0.338 e. The van der Waals surface area contributed by atoms with E-state index in [4.69, 9.17) is 5.10 Å². The first kappa shape index (κ1) is 17.3. The summed E-state index contributed by atoms with van der Waals surface area (Å²) in [5.74, 6) is 0.954. The van der Waals surface area contributed by atoms with Crippen molar-refractivity contribution in [2.45, 2.75) is 33.4 Å². The topological polar surface area (TPSA) is 50.2 Å². The Bertz CT molecular complexity index is 962. The molecule has 0 radical (unpaired) electrons. The number of aryl methyl sites for hydroxylation is 1. The minimum atomic E-state index is 0.109. The van der Waals surface area contributed by atoms with E-state index in [1.165, 1.54) is 16.8 Å². The van der Waals surface area contributed by atoms with E-state index in [2.05, 4.69) is 53.3 Å². The number of rotatable bonds is 4. The van der Waals surface area contributed by atoms with Gasteiger partial charge in [-0.15, -0.1) is 0 Å². The van der Waals surface area contributed by atoms with E-state index in [1.54, 1.807) is 6.92 Å². The first-order valence-corrected chi connectivity index (χ1v) is 9.32. The van der Waals surface area contributed by atoms with Crippen LogP contribution in [0.15, 0.2) is 54.6 Å². The quantitative estimate of drug-likeness (QED) is 0.768. The van der Waals surface area contributed by atoms with Crippen molar-refractivity contribution < 1.29 is 4.79 Å². The molecule has 27 heavy (non-hydrogen) atoms. The van der Waals surface area contributed by atoms with E-state index in [-0.39, 0.29) is 5.91 Å². The molecule has 4 rings (SSSR count). The summed E-state index contributed by atoms with van der Waals surface area (Å²) in [5.41, 5.74) is 5.77. The van der Waals surface area contributed by atoms with Crippen LogP contribution < -0.4 is 5.32 Å². The van der Waals surface area contributed by atoms with Crippen LogP contribution in [0.25, 0.3) is 0 Å². The first-order chi connectivity index (χ1) is 13.1. The summed E-state index contributed by atoms with van der Waals surface area (Å²) in [6.07, 6.45) is 0.824. The van der Waals surface area contributed by atoms with Crippen LogP contribution in [0.4, 0.5) is 11.5 Å². The van der Waals surface area contributed by atoms with E-state index < -0.39 is 0 Å². The molecule has 1 amide bonds. The zero-order valence-corrected chi connectivity index (χ0v) is 15.8. The van der Waals surface area contributed by atoms with Gasteiger partial charge in [0.05, 0.1) is 13.1 Å². The monoisotopic (exact) mass is 360 g/mol. The van der Waals surface area contributed by atoms with Gasteiger partial charge in [0.15, 0.2) is 5.82 Å². The number of hydrogen-bond donors (Lipinski definition) is 1. The lowest BCUT2D eigenvalue weighted by Crippen LogP contribution is -2.34. The lowest BCUT2D eigenvalue weighted by Gasteiger charge is -2.26. The number of hydrogen-bond acceptors (Lipinski definition) is 3. The summed E-state index contributed by atoms with van der Waals surface area (Å²) >= 11 is 0. The third kappa shape index (κ3) is 3.72. The van der Waals surface area contributed by atoms with Crippen molar-refractivity contribution in [1.82, 2.24) is 14.7 Å². The van der Waals surface area contributed by atoms with Gasteiger partial charge < -0.3 is 10.2 Å². The Morgan fingerprint density at radius 2 is 1.96 bits per heavy atom. The van der Waals surface area contributed by atoms with E-state index in [9.17, 15) is 4.79 Å². The Morgan fingerprint density at radius 1 is 1.15 bits per heavy atom. The first-order valence-electron chi connectivity index (χ1n) is 9.32. The number of anilines is 2. The zero-order chi connectivity index (χ0) is 18.8. The van der Waals surface area contributed by atoms with Gasteiger partial charge in [-0.25, -0.2) is 0 Å². The van der Waals surface area contributed by atoms with E-state index in [0.29, 0.717) is 6.54 Å². The second-order valence-electron chi connectivity index (χ2n) is 7.10. The lowest BCUT2D eigenvalue weighted by molar-refractivity contribution is -0.129. The summed E-state index contributed by atoms with van der Waals surface area (Å²) in [7, 11) is 0. The predicted octanol–water partition coefficient (Wildman–Crippen LogP) is 3.89.